The molecular formula is C17H23NO4. The zero-order chi connectivity index (χ0) is 15.5. The summed E-state index contributed by atoms with van der Waals surface area (Å²) in [7, 11) is 1.64. The third-order valence-electron chi connectivity index (χ3n) is 4.46. The number of nitrogens with zero attached hydrogens (tertiary/aromatic N) is 1. The number of benzene rings is 1. The number of ether oxygens (including phenoxy) is 2. The van der Waals surface area contributed by atoms with Gasteiger partial charge in [-0.05, 0) is 30.7 Å². The van der Waals surface area contributed by atoms with Gasteiger partial charge in [-0.3, -0.25) is 4.90 Å². The largest absolute Gasteiger partial charge is 0.493 e. The minimum Gasteiger partial charge on any atom is -0.493 e. The fourth-order valence-electron chi connectivity index (χ4n) is 3.17. The summed E-state index contributed by atoms with van der Waals surface area (Å²) in [4.78, 5) is 2.22. The van der Waals surface area contributed by atoms with Crippen LogP contribution in [0.5, 0.6) is 11.5 Å². The Bertz CT molecular complexity index is 558. The van der Waals surface area contributed by atoms with Crippen LogP contribution in [0.4, 0.5) is 0 Å². The molecule has 3 rings (SSSR count). The highest BCUT2D eigenvalue weighted by atomic mass is 16.5. The third kappa shape index (κ3) is 3.11. The van der Waals surface area contributed by atoms with Crippen molar-refractivity contribution < 1.29 is 19.7 Å². The molecule has 5 nitrogen and oxygen atoms in total. The first kappa shape index (κ1) is 15.3. The minimum absolute atomic E-state index is 0.0119. The second-order valence-electron chi connectivity index (χ2n) is 6.00. The smallest absolute Gasteiger partial charge is 0.168 e. The number of hydrogen-bond acceptors (Lipinski definition) is 5. The van der Waals surface area contributed by atoms with Gasteiger partial charge in [-0.25, -0.2) is 0 Å². The average Bonchev–Trinajstić information content (AvgIpc) is 2.54. The molecule has 0 unspecified atom stereocenters. The molecule has 0 spiro atoms. The van der Waals surface area contributed by atoms with Gasteiger partial charge < -0.3 is 19.7 Å². The number of likely N-dealkylation sites (tertiary alicyclic amines) is 1. The molecule has 120 valence electrons. The Labute approximate surface area is 130 Å². The maximum atomic E-state index is 10.0. The fourth-order valence-corrected chi connectivity index (χ4v) is 3.17. The number of hydrogen-bond donors (Lipinski definition) is 2. The number of methoxy groups -OCH3 is 1. The van der Waals surface area contributed by atoms with Gasteiger partial charge in [0.2, 0.25) is 0 Å². The van der Waals surface area contributed by atoms with Crippen LogP contribution in [-0.4, -0.2) is 61.2 Å². The lowest BCUT2D eigenvalue weighted by Crippen LogP contribution is -2.45. The molecule has 1 fully saturated rings. The Kier molecular flexibility index (Phi) is 4.66. The monoisotopic (exact) mass is 305 g/mol. The normalized spacial score (nSPS) is 25.1. The van der Waals surface area contributed by atoms with Crippen LogP contribution in [0.2, 0.25) is 0 Å². The van der Waals surface area contributed by atoms with E-state index in [1.807, 2.05) is 18.2 Å². The SMILES string of the molecule is COc1cccc2c1OCC(CN1CC[C@H](CO)[C@H](O)C1)=C2. The summed E-state index contributed by atoms with van der Waals surface area (Å²) in [6.45, 7) is 2.89. The number of β-amino-alcohol motifs (C(OH)–C–C–N with tert-alkyl or cyclic N) is 1. The summed E-state index contributed by atoms with van der Waals surface area (Å²) in [5.74, 6) is 1.57. The summed E-state index contributed by atoms with van der Waals surface area (Å²) in [5.41, 5.74) is 2.22. The van der Waals surface area contributed by atoms with E-state index in [-0.39, 0.29) is 12.5 Å². The van der Waals surface area contributed by atoms with Gasteiger partial charge in [-0.2, -0.15) is 0 Å². The van der Waals surface area contributed by atoms with Crippen LogP contribution < -0.4 is 9.47 Å². The van der Waals surface area contributed by atoms with E-state index in [0.29, 0.717) is 13.2 Å². The lowest BCUT2D eigenvalue weighted by Gasteiger charge is -2.36. The van der Waals surface area contributed by atoms with Crippen molar-refractivity contribution >= 4 is 6.08 Å². The molecule has 0 aromatic heterocycles. The molecule has 0 saturated carbocycles. The first-order valence-electron chi connectivity index (χ1n) is 7.71. The van der Waals surface area contributed by atoms with Crippen molar-refractivity contribution in [2.75, 3.05) is 40.0 Å². The average molecular weight is 305 g/mol. The highest BCUT2D eigenvalue weighted by Gasteiger charge is 2.28. The second kappa shape index (κ2) is 6.69. The maximum Gasteiger partial charge on any atom is 0.168 e. The Morgan fingerprint density at radius 2 is 2.27 bits per heavy atom. The number of aliphatic hydroxyl groups excluding tert-OH is 2. The summed E-state index contributed by atoms with van der Waals surface area (Å²) in [6.07, 6.45) is 2.53. The molecule has 1 saturated heterocycles. The predicted octanol–water partition coefficient (Wildman–Crippen LogP) is 1.15. The van der Waals surface area contributed by atoms with Crippen LogP contribution in [0, 0.1) is 5.92 Å². The zero-order valence-electron chi connectivity index (χ0n) is 12.9. The molecule has 1 aromatic carbocycles. The van der Waals surface area contributed by atoms with Crippen molar-refractivity contribution in [3.05, 3.63) is 29.3 Å². The number of rotatable bonds is 4. The molecule has 2 aliphatic heterocycles. The minimum atomic E-state index is -0.448. The Balaban J connectivity index is 1.68. The van der Waals surface area contributed by atoms with E-state index in [0.717, 1.165) is 36.6 Å². The first-order chi connectivity index (χ1) is 10.7. The van der Waals surface area contributed by atoms with Crippen molar-refractivity contribution in [1.29, 1.82) is 0 Å². The van der Waals surface area contributed by atoms with Gasteiger partial charge in [0, 0.05) is 31.2 Å². The molecule has 0 bridgehead atoms. The van der Waals surface area contributed by atoms with E-state index in [1.165, 1.54) is 5.57 Å². The molecule has 2 aliphatic rings. The Morgan fingerprint density at radius 1 is 1.41 bits per heavy atom. The Hall–Kier alpha value is -1.56. The van der Waals surface area contributed by atoms with Gasteiger partial charge in [0.1, 0.15) is 6.61 Å². The van der Waals surface area contributed by atoms with Gasteiger partial charge in [-0.15, -0.1) is 0 Å². The van der Waals surface area contributed by atoms with Gasteiger partial charge >= 0.3 is 0 Å². The van der Waals surface area contributed by atoms with Gasteiger partial charge in [0.25, 0.3) is 0 Å². The summed E-state index contributed by atoms with van der Waals surface area (Å²) >= 11 is 0. The number of aliphatic hydroxyl groups is 2. The van der Waals surface area contributed by atoms with Crippen molar-refractivity contribution in [2.24, 2.45) is 5.92 Å². The molecule has 0 aliphatic carbocycles. The van der Waals surface area contributed by atoms with Crippen molar-refractivity contribution in [1.82, 2.24) is 4.90 Å². The molecule has 22 heavy (non-hydrogen) atoms. The maximum absolute atomic E-state index is 10.0. The molecule has 2 atom stereocenters. The lowest BCUT2D eigenvalue weighted by molar-refractivity contribution is 0.000697. The van der Waals surface area contributed by atoms with E-state index in [2.05, 4.69) is 11.0 Å². The Morgan fingerprint density at radius 3 is 3.00 bits per heavy atom. The van der Waals surface area contributed by atoms with E-state index < -0.39 is 6.10 Å². The molecule has 0 radical (unpaired) electrons. The molecule has 1 aromatic rings. The van der Waals surface area contributed by atoms with Crippen LogP contribution in [0.25, 0.3) is 6.08 Å². The zero-order valence-corrected chi connectivity index (χ0v) is 12.9. The highest BCUT2D eigenvalue weighted by molar-refractivity contribution is 5.66. The van der Waals surface area contributed by atoms with E-state index >= 15 is 0 Å². The van der Waals surface area contributed by atoms with Gasteiger partial charge in [0.05, 0.1) is 13.2 Å². The van der Waals surface area contributed by atoms with Crippen molar-refractivity contribution in [2.45, 2.75) is 12.5 Å². The molecule has 2 N–H and O–H groups in total. The van der Waals surface area contributed by atoms with Gasteiger partial charge in [-0.1, -0.05) is 12.1 Å². The second-order valence-corrected chi connectivity index (χ2v) is 6.00. The van der Waals surface area contributed by atoms with Crippen molar-refractivity contribution in [3.8, 4) is 11.5 Å². The number of para-hydroxylation sites is 1. The predicted molar refractivity (Wildman–Crippen MR) is 84.1 cm³/mol. The topological polar surface area (TPSA) is 62.2 Å². The quantitative estimate of drug-likeness (QED) is 0.874. The van der Waals surface area contributed by atoms with Crippen LogP contribution in [0.1, 0.15) is 12.0 Å². The molecular weight excluding hydrogens is 282 g/mol. The standard InChI is InChI=1S/C17H23NO4/c1-21-16-4-2-3-13-7-12(11-22-17(13)16)8-18-6-5-14(10-19)15(20)9-18/h2-4,7,14-15,19-20H,5-6,8-11H2,1H3/t14-,15-/m1/s1. The summed E-state index contributed by atoms with van der Waals surface area (Å²) < 4.78 is 11.2. The van der Waals surface area contributed by atoms with E-state index in [9.17, 15) is 10.2 Å². The third-order valence-corrected chi connectivity index (χ3v) is 4.46. The highest BCUT2D eigenvalue weighted by Crippen LogP contribution is 2.35. The summed E-state index contributed by atoms with van der Waals surface area (Å²) in [6, 6.07) is 5.87. The van der Waals surface area contributed by atoms with Crippen LogP contribution >= 0.6 is 0 Å². The fraction of sp³-hybridized carbons (Fsp3) is 0.529. The van der Waals surface area contributed by atoms with E-state index in [4.69, 9.17) is 9.47 Å². The van der Waals surface area contributed by atoms with Crippen molar-refractivity contribution in [3.63, 3.8) is 0 Å². The molecule has 5 heteroatoms. The van der Waals surface area contributed by atoms with Gasteiger partial charge in [0.15, 0.2) is 11.5 Å². The van der Waals surface area contributed by atoms with Crippen LogP contribution in [0.3, 0.4) is 0 Å². The lowest BCUT2D eigenvalue weighted by atomic mass is 9.94. The molecule has 0 amide bonds. The summed E-state index contributed by atoms with van der Waals surface area (Å²) in [5, 5.41) is 19.2. The van der Waals surface area contributed by atoms with E-state index in [1.54, 1.807) is 7.11 Å². The first-order valence-corrected chi connectivity index (χ1v) is 7.71. The number of piperidine rings is 1. The van der Waals surface area contributed by atoms with Crippen LogP contribution in [0.15, 0.2) is 23.8 Å². The van der Waals surface area contributed by atoms with Crippen LogP contribution in [-0.2, 0) is 0 Å². The number of fused-ring (bicyclic) bond motifs is 1. The molecule has 2 heterocycles.